The molecule has 0 aliphatic carbocycles. The minimum atomic E-state index is -0.173. The third kappa shape index (κ3) is 14.2. The molecule has 0 heterocycles. The van der Waals surface area contributed by atoms with Gasteiger partial charge in [-0.05, 0) is 88.8 Å². The van der Waals surface area contributed by atoms with Crippen LogP contribution in [-0.2, 0) is 36.5 Å². The second kappa shape index (κ2) is 21.2. The SMILES string of the molecule is CCCCCCCCc1cc(O)c(Cc2cc(C(C)(C)C)c(O)c(C(C)(C)C)c2)c(CCCCCCCC)c1CCCCCCCC. The molecule has 0 atom stereocenters. The smallest absolute Gasteiger partial charge is 0.123 e. The van der Waals surface area contributed by atoms with E-state index in [1.165, 1.54) is 132 Å². The van der Waals surface area contributed by atoms with Crippen LogP contribution in [0.5, 0.6) is 11.5 Å². The second-order valence-corrected chi connectivity index (χ2v) is 16.8. The molecule has 0 saturated heterocycles. The quantitative estimate of drug-likeness (QED) is 0.118. The minimum Gasteiger partial charge on any atom is -0.508 e. The normalized spacial score (nSPS) is 12.3. The standard InChI is InChI=1S/C45H76O2/c1-10-13-16-19-22-25-28-36-34-42(46)39(31-35-32-40(44(4,5)6)43(47)41(33-35)45(7,8)9)38(30-27-24-21-18-15-12-3)37(36)29-26-23-20-17-14-11-2/h32-34,46-47H,10-31H2,1-9H3. The van der Waals surface area contributed by atoms with Gasteiger partial charge in [-0.1, -0.05) is 171 Å². The van der Waals surface area contributed by atoms with Crippen molar-refractivity contribution in [2.45, 2.75) is 214 Å². The van der Waals surface area contributed by atoms with Crippen molar-refractivity contribution in [3.63, 3.8) is 0 Å². The molecule has 0 aliphatic heterocycles. The summed E-state index contributed by atoms with van der Waals surface area (Å²) >= 11 is 0. The molecule has 268 valence electrons. The lowest BCUT2D eigenvalue weighted by Crippen LogP contribution is -2.18. The molecule has 0 radical (unpaired) electrons. The number of unbranched alkanes of at least 4 members (excludes halogenated alkanes) is 15. The monoisotopic (exact) mass is 649 g/mol. The van der Waals surface area contributed by atoms with Crippen molar-refractivity contribution in [2.24, 2.45) is 0 Å². The van der Waals surface area contributed by atoms with E-state index in [1.54, 1.807) is 5.56 Å². The van der Waals surface area contributed by atoms with Gasteiger partial charge in [-0.15, -0.1) is 0 Å². The molecule has 0 fully saturated rings. The molecule has 0 spiro atoms. The van der Waals surface area contributed by atoms with Crippen molar-refractivity contribution in [3.8, 4) is 11.5 Å². The van der Waals surface area contributed by atoms with Crippen molar-refractivity contribution in [1.29, 1.82) is 0 Å². The van der Waals surface area contributed by atoms with Gasteiger partial charge < -0.3 is 10.2 Å². The Kier molecular flexibility index (Phi) is 18.6. The van der Waals surface area contributed by atoms with Gasteiger partial charge in [0.05, 0.1) is 0 Å². The molecule has 2 aromatic rings. The number of phenolic OH excluding ortho intramolecular Hbond substituents is 2. The first-order valence-electron chi connectivity index (χ1n) is 20.1. The van der Waals surface area contributed by atoms with Gasteiger partial charge in [0.25, 0.3) is 0 Å². The first-order valence-corrected chi connectivity index (χ1v) is 20.1. The Balaban J connectivity index is 2.58. The largest absolute Gasteiger partial charge is 0.508 e. The lowest BCUT2D eigenvalue weighted by molar-refractivity contribution is 0.422. The molecular formula is C45H76O2. The Bertz CT molecular complexity index is 1120. The molecule has 0 unspecified atom stereocenters. The summed E-state index contributed by atoms with van der Waals surface area (Å²) in [4.78, 5) is 0. The van der Waals surface area contributed by atoms with Crippen LogP contribution < -0.4 is 0 Å². The van der Waals surface area contributed by atoms with Gasteiger partial charge in [-0.25, -0.2) is 0 Å². The van der Waals surface area contributed by atoms with Gasteiger partial charge in [-0.3, -0.25) is 0 Å². The Morgan fingerprint density at radius 2 is 0.830 bits per heavy atom. The third-order valence-electron chi connectivity index (χ3n) is 10.3. The third-order valence-corrected chi connectivity index (χ3v) is 10.3. The number of phenols is 2. The fraction of sp³-hybridized carbons (Fsp3) is 0.733. The van der Waals surface area contributed by atoms with E-state index in [0.29, 0.717) is 17.9 Å². The molecule has 2 nitrogen and oxygen atoms in total. The van der Waals surface area contributed by atoms with Gasteiger partial charge in [0.1, 0.15) is 11.5 Å². The van der Waals surface area contributed by atoms with Crippen LogP contribution in [0.3, 0.4) is 0 Å². The number of hydrogen-bond donors (Lipinski definition) is 2. The van der Waals surface area contributed by atoms with E-state index in [-0.39, 0.29) is 10.8 Å². The lowest BCUT2D eigenvalue weighted by atomic mass is 9.77. The zero-order chi connectivity index (χ0) is 34.9. The van der Waals surface area contributed by atoms with Crippen LogP contribution in [0.2, 0.25) is 0 Å². The molecule has 0 saturated carbocycles. The highest BCUT2D eigenvalue weighted by Gasteiger charge is 2.27. The topological polar surface area (TPSA) is 40.5 Å². The van der Waals surface area contributed by atoms with Crippen LogP contribution in [-0.4, -0.2) is 10.2 Å². The van der Waals surface area contributed by atoms with E-state index in [2.05, 4.69) is 80.5 Å². The van der Waals surface area contributed by atoms with Crippen molar-refractivity contribution < 1.29 is 10.2 Å². The first-order chi connectivity index (χ1) is 22.3. The summed E-state index contributed by atoms with van der Waals surface area (Å²) in [7, 11) is 0. The van der Waals surface area contributed by atoms with Crippen LogP contribution in [0.1, 0.15) is 217 Å². The summed E-state index contributed by atoms with van der Waals surface area (Å²) < 4.78 is 0. The predicted octanol–water partition coefficient (Wildman–Crippen LogP) is 14.0. The maximum atomic E-state index is 11.8. The fourth-order valence-electron chi connectivity index (χ4n) is 7.31. The van der Waals surface area contributed by atoms with Crippen LogP contribution >= 0.6 is 0 Å². The molecule has 0 aliphatic rings. The summed E-state index contributed by atoms with van der Waals surface area (Å²) in [6, 6.07) is 6.60. The highest BCUT2D eigenvalue weighted by Crippen LogP contribution is 2.41. The van der Waals surface area contributed by atoms with Crippen LogP contribution in [0, 0.1) is 0 Å². The van der Waals surface area contributed by atoms with Crippen LogP contribution in [0.15, 0.2) is 18.2 Å². The zero-order valence-corrected chi connectivity index (χ0v) is 32.7. The minimum absolute atomic E-state index is 0.173. The number of rotatable bonds is 23. The maximum absolute atomic E-state index is 11.8. The Morgan fingerprint density at radius 1 is 0.447 bits per heavy atom. The molecule has 47 heavy (non-hydrogen) atoms. The molecule has 2 heteroatoms. The molecule has 0 amide bonds. The Hall–Kier alpha value is -1.96. The molecule has 2 rings (SSSR count). The van der Waals surface area contributed by atoms with Gasteiger partial charge >= 0.3 is 0 Å². The summed E-state index contributed by atoms with van der Waals surface area (Å²) in [5, 5.41) is 23.3. The summed E-state index contributed by atoms with van der Waals surface area (Å²) in [6.07, 6.45) is 27.3. The lowest BCUT2D eigenvalue weighted by Gasteiger charge is -2.29. The van der Waals surface area contributed by atoms with Gasteiger partial charge in [0.2, 0.25) is 0 Å². The summed E-state index contributed by atoms with van der Waals surface area (Å²) in [6.45, 7) is 20.0. The van der Waals surface area contributed by atoms with Gasteiger partial charge in [0, 0.05) is 12.0 Å². The predicted molar refractivity (Wildman–Crippen MR) is 208 cm³/mol. The number of hydrogen-bond acceptors (Lipinski definition) is 2. The highest BCUT2D eigenvalue weighted by molar-refractivity contribution is 5.55. The number of aromatic hydroxyl groups is 2. The van der Waals surface area contributed by atoms with E-state index in [0.717, 1.165) is 36.0 Å². The highest BCUT2D eigenvalue weighted by atomic mass is 16.3. The Labute approximate surface area is 292 Å². The average Bonchev–Trinajstić information content (AvgIpc) is 3.00. The molecule has 0 aromatic heterocycles. The summed E-state index contributed by atoms with van der Waals surface area (Å²) in [5.41, 5.74) is 8.41. The van der Waals surface area contributed by atoms with E-state index >= 15 is 0 Å². The van der Waals surface area contributed by atoms with Crippen LogP contribution in [0.25, 0.3) is 0 Å². The van der Waals surface area contributed by atoms with E-state index in [4.69, 9.17) is 0 Å². The van der Waals surface area contributed by atoms with Crippen molar-refractivity contribution in [3.05, 3.63) is 57.1 Å². The average molecular weight is 649 g/mol. The molecule has 2 aromatic carbocycles. The Morgan fingerprint density at radius 3 is 1.26 bits per heavy atom. The van der Waals surface area contributed by atoms with Crippen LogP contribution in [0.4, 0.5) is 0 Å². The zero-order valence-electron chi connectivity index (χ0n) is 32.7. The fourth-order valence-corrected chi connectivity index (χ4v) is 7.31. The van der Waals surface area contributed by atoms with E-state index < -0.39 is 0 Å². The van der Waals surface area contributed by atoms with E-state index in [9.17, 15) is 10.2 Å². The van der Waals surface area contributed by atoms with Gasteiger partial charge in [-0.2, -0.15) is 0 Å². The number of aryl methyl sites for hydroxylation is 1. The molecule has 2 N–H and O–H groups in total. The molecular weight excluding hydrogens is 572 g/mol. The van der Waals surface area contributed by atoms with E-state index in [1.807, 2.05) is 0 Å². The summed E-state index contributed by atoms with van der Waals surface area (Å²) in [5.74, 6) is 0.921. The van der Waals surface area contributed by atoms with Gasteiger partial charge in [0.15, 0.2) is 0 Å². The number of benzene rings is 2. The molecule has 0 bridgehead atoms. The van der Waals surface area contributed by atoms with Crippen molar-refractivity contribution in [1.82, 2.24) is 0 Å². The van der Waals surface area contributed by atoms with Crippen molar-refractivity contribution >= 4 is 0 Å². The maximum Gasteiger partial charge on any atom is 0.123 e. The van der Waals surface area contributed by atoms with Crippen molar-refractivity contribution in [2.75, 3.05) is 0 Å². The second-order valence-electron chi connectivity index (χ2n) is 16.8. The first kappa shape index (κ1) is 41.2.